The number of nitrogens with zero attached hydrogens (tertiary/aromatic N) is 2. The molecule has 0 saturated carbocycles. The third-order valence-corrected chi connectivity index (χ3v) is 3.37. The van der Waals surface area contributed by atoms with Gasteiger partial charge in [-0.3, -0.25) is 15.5 Å². The number of hydrogen-bond donors (Lipinski definition) is 2. The van der Waals surface area contributed by atoms with Crippen LogP contribution < -0.4 is 10.7 Å². The zero-order valence-electron chi connectivity index (χ0n) is 11.5. The third kappa shape index (κ3) is 4.80. The molecular formula is C14H10BrFN4O2S. The number of halogens is 2. The first-order valence-electron chi connectivity index (χ1n) is 6.26. The van der Waals surface area contributed by atoms with Crippen molar-refractivity contribution in [3.8, 4) is 0 Å². The molecule has 9 heteroatoms. The summed E-state index contributed by atoms with van der Waals surface area (Å²) in [6.45, 7) is 0. The van der Waals surface area contributed by atoms with E-state index in [0.29, 0.717) is 4.47 Å². The van der Waals surface area contributed by atoms with E-state index in [0.717, 1.165) is 0 Å². The Kier molecular flexibility index (Phi) is 5.72. The summed E-state index contributed by atoms with van der Waals surface area (Å²) >= 11 is 8.15. The van der Waals surface area contributed by atoms with Crippen molar-refractivity contribution in [2.75, 3.05) is 5.32 Å². The molecule has 0 saturated heterocycles. The van der Waals surface area contributed by atoms with Crippen molar-refractivity contribution in [3.63, 3.8) is 0 Å². The summed E-state index contributed by atoms with van der Waals surface area (Å²) in [6, 6.07) is 10.6. The van der Waals surface area contributed by atoms with Crippen LogP contribution in [0.4, 0.5) is 15.8 Å². The summed E-state index contributed by atoms with van der Waals surface area (Å²) in [4.78, 5) is 10.4. The molecule has 2 aromatic carbocycles. The van der Waals surface area contributed by atoms with Gasteiger partial charge in [0.25, 0.3) is 5.69 Å². The van der Waals surface area contributed by atoms with Crippen molar-refractivity contribution in [2.24, 2.45) is 5.10 Å². The van der Waals surface area contributed by atoms with Crippen LogP contribution in [0.15, 0.2) is 52.0 Å². The summed E-state index contributed by atoms with van der Waals surface area (Å²) in [5.74, 6) is -0.442. The van der Waals surface area contributed by atoms with Gasteiger partial charge in [-0.05, 0) is 36.5 Å². The highest BCUT2D eigenvalue weighted by molar-refractivity contribution is 9.10. The Morgan fingerprint density at radius 1 is 1.35 bits per heavy atom. The molecule has 0 fully saturated rings. The molecule has 0 atom stereocenters. The lowest BCUT2D eigenvalue weighted by Gasteiger charge is -2.07. The summed E-state index contributed by atoms with van der Waals surface area (Å²) in [5, 5.41) is 17.4. The van der Waals surface area contributed by atoms with Crippen molar-refractivity contribution < 1.29 is 9.31 Å². The number of benzene rings is 2. The Balaban J connectivity index is 2.00. The van der Waals surface area contributed by atoms with Crippen molar-refractivity contribution in [1.82, 2.24) is 5.43 Å². The van der Waals surface area contributed by atoms with Crippen LogP contribution in [0.2, 0.25) is 0 Å². The predicted octanol–water partition coefficient (Wildman–Crippen LogP) is 3.82. The van der Waals surface area contributed by atoms with Crippen LogP contribution in [0.5, 0.6) is 0 Å². The molecule has 2 rings (SSSR count). The van der Waals surface area contributed by atoms with Crippen molar-refractivity contribution >= 4 is 50.8 Å². The van der Waals surface area contributed by atoms with Gasteiger partial charge in [-0.2, -0.15) is 5.10 Å². The van der Waals surface area contributed by atoms with Crippen molar-refractivity contribution in [3.05, 3.63) is 68.4 Å². The van der Waals surface area contributed by atoms with Crippen molar-refractivity contribution in [1.29, 1.82) is 0 Å². The first-order chi connectivity index (χ1) is 11.0. The third-order valence-electron chi connectivity index (χ3n) is 2.68. The summed E-state index contributed by atoms with van der Waals surface area (Å²) in [5.41, 5.74) is 2.87. The highest BCUT2D eigenvalue weighted by Crippen LogP contribution is 2.22. The average molecular weight is 397 g/mol. The Hall–Kier alpha value is -2.39. The molecule has 2 aromatic rings. The molecule has 6 nitrogen and oxygen atoms in total. The molecule has 0 spiro atoms. The van der Waals surface area contributed by atoms with Gasteiger partial charge in [-0.1, -0.05) is 28.1 Å². The molecule has 0 aliphatic heterocycles. The van der Waals surface area contributed by atoms with Gasteiger partial charge in [0, 0.05) is 16.1 Å². The summed E-state index contributed by atoms with van der Waals surface area (Å²) in [6.07, 6.45) is 1.26. The topological polar surface area (TPSA) is 79.6 Å². The van der Waals surface area contributed by atoms with E-state index in [1.807, 2.05) is 0 Å². The number of para-hydroxylation sites is 2. The molecule has 118 valence electrons. The van der Waals surface area contributed by atoms with Crippen LogP contribution in [-0.4, -0.2) is 16.3 Å². The molecule has 0 radical (unpaired) electrons. The van der Waals surface area contributed by atoms with E-state index in [4.69, 9.17) is 12.2 Å². The van der Waals surface area contributed by atoms with Crippen LogP contribution in [0, 0.1) is 15.9 Å². The normalized spacial score (nSPS) is 10.5. The predicted molar refractivity (Wildman–Crippen MR) is 94.1 cm³/mol. The molecule has 0 aliphatic carbocycles. The summed E-state index contributed by atoms with van der Waals surface area (Å²) in [7, 11) is 0. The molecule has 0 bridgehead atoms. The molecule has 0 unspecified atom stereocenters. The standard InChI is InChI=1S/C14H10BrFN4O2S/c15-10-6-5-9(11(16)7-10)8-17-19-14(23)18-12-3-1-2-4-13(12)20(21)22/h1-8H,(H2,18,19,23)/b17-8-. The Morgan fingerprint density at radius 2 is 2.09 bits per heavy atom. The molecule has 0 aromatic heterocycles. The SMILES string of the molecule is O=[N+]([O-])c1ccccc1NC(=S)N/N=C\c1ccc(Br)cc1F. The average Bonchev–Trinajstić information content (AvgIpc) is 2.50. The van der Waals surface area contributed by atoms with Gasteiger partial charge < -0.3 is 5.32 Å². The maximum atomic E-state index is 13.6. The molecule has 0 heterocycles. The van der Waals surface area contributed by atoms with E-state index in [-0.39, 0.29) is 22.1 Å². The Labute approximate surface area is 144 Å². The maximum absolute atomic E-state index is 13.6. The lowest BCUT2D eigenvalue weighted by atomic mass is 10.2. The second kappa shape index (κ2) is 7.75. The monoisotopic (exact) mass is 396 g/mol. The van der Waals surface area contributed by atoms with Crippen LogP contribution in [0.25, 0.3) is 0 Å². The molecule has 23 heavy (non-hydrogen) atoms. The zero-order chi connectivity index (χ0) is 16.8. The summed E-state index contributed by atoms with van der Waals surface area (Å²) < 4.78 is 14.2. The fraction of sp³-hybridized carbons (Fsp3) is 0. The first-order valence-corrected chi connectivity index (χ1v) is 7.46. The largest absolute Gasteiger partial charge is 0.326 e. The van der Waals surface area contributed by atoms with Crippen LogP contribution in [0.1, 0.15) is 5.56 Å². The zero-order valence-corrected chi connectivity index (χ0v) is 13.9. The number of anilines is 1. The van der Waals surface area contributed by atoms with Crippen LogP contribution >= 0.6 is 28.1 Å². The van der Waals surface area contributed by atoms with Gasteiger partial charge in [0.1, 0.15) is 11.5 Å². The minimum Gasteiger partial charge on any atom is -0.326 e. The number of nitro benzene ring substituents is 1. The molecule has 2 N–H and O–H groups in total. The lowest BCUT2D eigenvalue weighted by Crippen LogP contribution is -2.24. The van der Waals surface area contributed by atoms with Gasteiger partial charge in [0.15, 0.2) is 5.11 Å². The maximum Gasteiger partial charge on any atom is 0.292 e. The van der Waals surface area contributed by atoms with E-state index in [2.05, 4.69) is 31.8 Å². The number of hydrogen-bond acceptors (Lipinski definition) is 4. The number of nitro groups is 1. The van der Waals surface area contributed by atoms with Crippen molar-refractivity contribution in [2.45, 2.75) is 0 Å². The Bertz CT molecular complexity index is 785. The second-order valence-corrected chi connectivity index (χ2v) is 5.59. The van der Waals surface area contributed by atoms with Gasteiger partial charge in [-0.25, -0.2) is 4.39 Å². The lowest BCUT2D eigenvalue weighted by molar-refractivity contribution is -0.383. The van der Waals surface area contributed by atoms with Crippen LogP contribution in [0.3, 0.4) is 0 Å². The molecule has 0 amide bonds. The van der Waals surface area contributed by atoms with Gasteiger partial charge in [-0.15, -0.1) is 0 Å². The smallest absolute Gasteiger partial charge is 0.292 e. The van der Waals surface area contributed by atoms with E-state index in [1.54, 1.807) is 24.3 Å². The highest BCUT2D eigenvalue weighted by Gasteiger charge is 2.12. The quantitative estimate of drug-likeness (QED) is 0.355. The van der Waals surface area contributed by atoms with E-state index >= 15 is 0 Å². The fourth-order valence-corrected chi connectivity index (χ4v) is 2.15. The van der Waals surface area contributed by atoms with E-state index < -0.39 is 10.7 Å². The molecular weight excluding hydrogens is 387 g/mol. The van der Waals surface area contributed by atoms with Gasteiger partial charge in [0.2, 0.25) is 0 Å². The van der Waals surface area contributed by atoms with Gasteiger partial charge >= 0.3 is 0 Å². The first kappa shape index (κ1) is 17.0. The molecule has 0 aliphatic rings. The highest BCUT2D eigenvalue weighted by atomic mass is 79.9. The second-order valence-electron chi connectivity index (χ2n) is 4.26. The minimum absolute atomic E-state index is 0.0491. The van der Waals surface area contributed by atoms with Crippen LogP contribution in [-0.2, 0) is 0 Å². The van der Waals surface area contributed by atoms with Gasteiger partial charge in [0.05, 0.1) is 11.1 Å². The number of rotatable bonds is 4. The Morgan fingerprint density at radius 3 is 2.78 bits per heavy atom. The number of hydrazone groups is 1. The fourth-order valence-electron chi connectivity index (χ4n) is 1.66. The minimum atomic E-state index is -0.522. The van der Waals surface area contributed by atoms with E-state index in [9.17, 15) is 14.5 Å². The van der Waals surface area contributed by atoms with E-state index in [1.165, 1.54) is 24.4 Å². The number of thiocarbonyl (C=S) groups is 1. The number of nitrogens with one attached hydrogen (secondary N) is 2.